The second-order valence-corrected chi connectivity index (χ2v) is 3.83. The van der Waals surface area contributed by atoms with Crippen molar-refractivity contribution in [3.63, 3.8) is 0 Å². The Kier molecular flexibility index (Phi) is 5.05. The smallest absolute Gasteiger partial charge is 0.330 e. The first-order valence-corrected chi connectivity index (χ1v) is 5.65. The molecule has 0 unspecified atom stereocenters. The van der Waals surface area contributed by atoms with Gasteiger partial charge in [-0.3, -0.25) is 0 Å². The second kappa shape index (κ2) is 6.33. The Labute approximate surface area is 103 Å². The standard InChI is InChI=1S/C12H13BrO3/c1-3-16-12(14)7-4-9-8-10(15-2)5-6-11(9)13/h4-8H,3H2,1-2H3. The number of ether oxygens (including phenoxy) is 2. The van der Waals surface area contributed by atoms with Crippen molar-refractivity contribution in [1.82, 2.24) is 0 Å². The number of rotatable bonds is 4. The van der Waals surface area contributed by atoms with Crippen LogP contribution < -0.4 is 4.74 Å². The lowest BCUT2D eigenvalue weighted by molar-refractivity contribution is -0.137. The summed E-state index contributed by atoms with van der Waals surface area (Å²) in [7, 11) is 1.60. The maximum absolute atomic E-state index is 11.1. The Morgan fingerprint density at radius 1 is 1.50 bits per heavy atom. The molecule has 0 saturated carbocycles. The monoisotopic (exact) mass is 284 g/mol. The minimum Gasteiger partial charge on any atom is -0.497 e. The van der Waals surface area contributed by atoms with Crippen molar-refractivity contribution < 1.29 is 14.3 Å². The summed E-state index contributed by atoms with van der Waals surface area (Å²) in [5.41, 5.74) is 0.868. The molecule has 4 heteroatoms. The van der Waals surface area contributed by atoms with Gasteiger partial charge in [0.05, 0.1) is 13.7 Å². The van der Waals surface area contributed by atoms with Crippen LogP contribution in [0.4, 0.5) is 0 Å². The van der Waals surface area contributed by atoms with E-state index in [9.17, 15) is 4.79 Å². The number of halogens is 1. The van der Waals surface area contributed by atoms with Crippen molar-refractivity contribution in [2.24, 2.45) is 0 Å². The zero-order chi connectivity index (χ0) is 12.0. The lowest BCUT2D eigenvalue weighted by Crippen LogP contribution is -1.98. The quantitative estimate of drug-likeness (QED) is 0.630. The van der Waals surface area contributed by atoms with Gasteiger partial charge in [0.2, 0.25) is 0 Å². The maximum atomic E-state index is 11.1. The summed E-state index contributed by atoms with van der Waals surface area (Å²) in [6.07, 6.45) is 3.08. The van der Waals surface area contributed by atoms with Gasteiger partial charge in [-0.25, -0.2) is 4.79 Å². The predicted molar refractivity (Wildman–Crippen MR) is 66.4 cm³/mol. The number of hydrogen-bond donors (Lipinski definition) is 0. The van der Waals surface area contributed by atoms with Crippen LogP contribution in [-0.2, 0) is 9.53 Å². The number of carbonyl (C=O) groups is 1. The normalized spacial score (nSPS) is 10.4. The molecule has 0 aliphatic heterocycles. The van der Waals surface area contributed by atoms with E-state index in [1.54, 1.807) is 20.1 Å². The van der Waals surface area contributed by atoms with E-state index in [0.717, 1.165) is 15.8 Å². The van der Waals surface area contributed by atoms with E-state index in [1.807, 2.05) is 18.2 Å². The van der Waals surface area contributed by atoms with Crippen LogP contribution in [0, 0.1) is 0 Å². The van der Waals surface area contributed by atoms with E-state index in [2.05, 4.69) is 15.9 Å². The number of hydrogen-bond acceptors (Lipinski definition) is 3. The first-order valence-electron chi connectivity index (χ1n) is 4.85. The molecule has 1 aromatic rings. The first-order chi connectivity index (χ1) is 7.67. The van der Waals surface area contributed by atoms with Gasteiger partial charge in [-0.1, -0.05) is 15.9 Å². The molecule has 0 aromatic heterocycles. The SMILES string of the molecule is CCOC(=O)C=Cc1cc(OC)ccc1Br. The second-order valence-electron chi connectivity index (χ2n) is 2.97. The Bertz CT molecular complexity index is 399. The fourth-order valence-corrected chi connectivity index (χ4v) is 1.50. The van der Waals surface area contributed by atoms with Crippen molar-refractivity contribution >= 4 is 28.0 Å². The van der Waals surface area contributed by atoms with E-state index >= 15 is 0 Å². The third-order valence-electron chi connectivity index (χ3n) is 1.89. The highest BCUT2D eigenvalue weighted by Crippen LogP contribution is 2.23. The van der Waals surface area contributed by atoms with Crippen molar-refractivity contribution in [2.75, 3.05) is 13.7 Å². The lowest BCUT2D eigenvalue weighted by atomic mass is 10.2. The molecule has 0 atom stereocenters. The molecule has 0 fully saturated rings. The van der Waals surface area contributed by atoms with E-state index in [-0.39, 0.29) is 5.97 Å². The minimum atomic E-state index is -0.350. The van der Waals surface area contributed by atoms with Crippen LogP contribution in [-0.4, -0.2) is 19.7 Å². The summed E-state index contributed by atoms with van der Waals surface area (Å²) >= 11 is 3.39. The van der Waals surface area contributed by atoms with Crippen LogP contribution in [0.2, 0.25) is 0 Å². The van der Waals surface area contributed by atoms with Crippen LogP contribution >= 0.6 is 15.9 Å². The molecule has 0 heterocycles. The summed E-state index contributed by atoms with van der Waals surface area (Å²) < 4.78 is 10.8. The van der Waals surface area contributed by atoms with E-state index in [4.69, 9.17) is 9.47 Å². The largest absolute Gasteiger partial charge is 0.497 e. The number of carbonyl (C=O) groups excluding carboxylic acids is 1. The molecule has 86 valence electrons. The third-order valence-corrected chi connectivity index (χ3v) is 2.61. The molecule has 0 aliphatic carbocycles. The molecule has 16 heavy (non-hydrogen) atoms. The molecule has 0 N–H and O–H groups in total. The molecular formula is C12H13BrO3. The molecule has 1 rings (SSSR count). The lowest BCUT2D eigenvalue weighted by Gasteiger charge is -2.03. The molecule has 3 nitrogen and oxygen atoms in total. The summed E-state index contributed by atoms with van der Waals surface area (Å²) in [6.45, 7) is 2.15. The van der Waals surface area contributed by atoms with Gasteiger partial charge in [-0.15, -0.1) is 0 Å². The summed E-state index contributed by atoms with van der Waals surface area (Å²) in [5.74, 6) is 0.393. The first kappa shape index (κ1) is 12.8. The van der Waals surface area contributed by atoms with Gasteiger partial charge in [0, 0.05) is 10.5 Å². The number of esters is 1. The predicted octanol–water partition coefficient (Wildman–Crippen LogP) is 3.03. The van der Waals surface area contributed by atoms with Crippen molar-refractivity contribution in [3.8, 4) is 5.75 Å². The van der Waals surface area contributed by atoms with E-state index in [1.165, 1.54) is 6.08 Å². The summed E-state index contributed by atoms with van der Waals surface area (Å²) in [5, 5.41) is 0. The average Bonchev–Trinajstić information content (AvgIpc) is 2.28. The molecule has 0 saturated heterocycles. The third kappa shape index (κ3) is 3.70. The van der Waals surface area contributed by atoms with Crippen LogP contribution in [0.3, 0.4) is 0 Å². The summed E-state index contributed by atoms with van der Waals surface area (Å²) in [4.78, 5) is 11.1. The fourth-order valence-electron chi connectivity index (χ4n) is 1.12. The zero-order valence-corrected chi connectivity index (χ0v) is 10.8. The number of benzene rings is 1. The molecule has 0 radical (unpaired) electrons. The molecule has 0 amide bonds. The van der Waals surface area contributed by atoms with Gasteiger partial charge in [-0.05, 0) is 36.8 Å². The minimum absolute atomic E-state index is 0.350. The Morgan fingerprint density at radius 3 is 2.88 bits per heavy atom. The maximum Gasteiger partial charge on any atom is 0.330 e. The van der Waals surface area contributed by atoms with Gasteiger partial charge in [0.1, 0.15) is 5.75 Å². The van der Waals surface area contributed by atoms with Crippen LogP contribution in [0.5, 0.6) is 5.75 Å². The fraction of sp³-hybridized carbons (Fsp3) is 0.250. The van der Waals surface area contributed by atoms with Crippen molar-refractivity contribution in [3.05, 3.63) is 34.3 Å². The van der Waals surface area contributed by atoms with Gasteiger partial charge in [-0.2, -0.15) is 0 Å². The van der Waals surface area contributed by atoms with Crippen LogP contribution in [0.15, 0.2) is 28.7 Å². The highest BCUT2D eigenvalue weighted by molar-refractivity contribution is 9.10. The van der Waals surface area contributed by atoms with Gasteiger partial charge in [0.15, 0.2) is 0 Å². The Morgan fingerprint density at radius 2 is 2.25 bits per heavy atom. The number of methoxy groups -OCH3 is 1. The van der Waals surface area contributed by atoms with E-state index in [0.29, 0.717) is 6.61 Å². The van der Waals surface area contributed by atoms with Crippen molar-refractivity contribution in [2.45, 2.75) is 6.92 Å². The molecule has 1 aromatic carbocycles. The Balaban J connectivity index is 2.83. The van der Waals surface area contributed by atoms with Gasteiger partial charge in [0.25, 0.3) is 0 Å². The van der Waals surface area contributed by atoms with Gasteiger partial charge >= 0.3 is 5.97 Å². The Hall–Kier alpha value is -1.29. The highest BCUT2D eigenvalue weighted by atomic mass is 79.9. The topological polar surface area (TPSA) is 35.5 Å². The average molecular weight is 285 g/mol. The van der Waals surface area contributed by atoms with Crippen LogP contribution in [0.25, 0.3) is 6.08 Å². The van der Waals surface area contributed by atoms with Crippen LogP contribution in [0.1, 0.15) is 12.5 Å². The zero-order valence-electron chi connectivity index (χ0n) is 9.20. The highest BCUT2D eigenvalue weighted by Gasteiger charge is 2.00. The molecule has 0 aliphatic rings. The molecule has 0 spiro atoms. The van der Waals surface area contributed by atoms with Gasteiger partial charge < -0.3 is 9.47 Å². The summed E-state index contributed by atoms with van der Waals surface area (Å²) in [6, 6.07) is 5.54. The van der Waals surface area contributed by atoms with E-state index < -0.39 is 0 Å². The molecular weight excluding hydrogens is 272 g/mol. The van der Waals surface area contributed by atoms with Crippen molar-refractivity contribution in [1.29, 1.82) is 0 Å². The molecule has 0 bridgehead atoms.